The van der Waals surface area contributed by atoms with E-state index in [1.165, 1.54) is 3.97 Å². The Kier molecular flexibility index (Phi) is 6.88. The molecule has 2 heterocycles. The normalized spacial score (nSPS) is 16.8. The average Bonchev–Trinajstić information content (AvgIpc) is 3.08. The lowest BCUT2D eigenvalue weighted by Gasteiger charge is -2.10. The molecule has 1 aliphatic rings. The molecule has 0 radical (unpaired) electrons. The fraction of sp³-hybridized carbons (Fsp3) is 0.179. The molecule has 35 heavy (non-hydrogen) atoms. The van der Waals surface area contributed by atoms with E-state index in [0.29, 0.717) is 16.2 Å². The van der Waals surface area contributed by atoms with Crippen molar-refractivity contribution in [1.29, 1.82) is 0 Å². The number of alkyl halides is 1. The van der Waals surface area contributed by atoms with Gasteiger partial charge in [0.05, 0.1) is 22.4 Å². The third-order valence-electron chi connectivity index (χ3n) is 5.67. The van der Waals surface area contributed by atoms with Crippen LogP contribution in [0.25, 0.3) is 28.1 Å². The number of methoxy groups -OCH3 is 1. The van der Waals surface area contributed by atoms with Gasteiger partial charge in [0.15, 0.2) is 5.49 Å². The smallest absolute Gasteiger partial charge is 0.269 e. The summed E-state index contributed by atoms with van der Waals surface area (Å²) in [7, 11) is -2.27. The zero-order chi connectivity index (χ0) is 25.2. The maximum absolute atomic E-state index is 13.7. The van der Waals surface area contributed by atoms with Crippen molar-refractivity contribution in [3.05, 3.63) is 95.8 Å². The lowest BCUT2D eigenvalue weighted by Crippen LogP contribution is -2.34. The lowest BCUT2D eigenvalue weighted by atomic mass is 10.0. The highest BCUT2D eigenvalue weighted by atomic mass is 35.5. The molecule has 1 aliphatic heterocycles. The Morgan fingerprint density at radius 3 is 2.26 bits per heavy atom. The van der Waals surface area contributed by atoms with Crippen LogP contribution in [0.15, 0.2) is 95.0 Å². The van der Waals surface area contributed by atoms with Gasteiger partial charge < -0.3 is 4.74 Å². The lowest BCUT2D eigenvalue weighted by molar-refractivity contribution is 0.415. The van der Waals surface area contributed by atoms with Crippen molar-refractivity contribution in [2.45, 2.75) is 30.5 Å². The fourth-order valence-electron chi connectivity index (χ4n) is 4.03. The van der Waals surface area contributed by atoms with Gasteiger partial charge >= 0.3 is 0 Å². The number of nitrogens with zero attached hydrogens (tertiary/aromatic N) is 2. The predicted octanol–water partition coefficient (Wildman–Crippen LogP) is 5.51. The van der Waals surface area contributed by atoms with Gasteiger partial charge in [0.25, 0.3) is 10.0 Å². The quantitative estimate of drug-likeness (QED) is 0.343. The molecule has 0 saturated carbocycles. The molecule has 0 N–H and O–H groups in total. The van der Waals surface area contributed by atoms with Gasteiger partial charge in [-0.3, -0.25) is 0 Å². The molecule has 1 unspecified atom stereocenters. The topological polar surface area (TPSA) is 60.7 Å². The number of benzene rings is 3. The van der Waals surface area contributed by atoms with Crippen LogP contribution >= 0.6 is 11.6 Å². The Balaban J connectivity index is 0.00000141. The first-order valence-electron chi connectivity index (χ1n) is 11.4. The largest absolute Gasteiger partial charge is 0.497 e. The van der Waals surface area contributed by atoms with Crippen molar-refractivity contribution >= 4 is 38.6 Å². The number of halogens is 1. The van der Waals surface area contributed by atoms with Crippen LogP contribution < -0.4 is 15.4 Å². The first kappa shape index (κ1) is 24.8. The average molecular weight is 507 g/mol. The van der Waals surface area contributed by atoms with E-state index in [0.717, 1.165) is 22.3 Å². The summed E-state index contributed by atoms with van der Waals surface area (Å²) in [5.74, 6) is 0.768. The summed E-state index contributed by atoms with van der Waals surface area (Å²) in [6.45, 7) is 5.85. The number of hydrogen-bond acceptors (Lipinski definition) is 4. The van der Waals surface area contributed by atoms with Crippen molar-refractivity contribution < 1.29 is 13.2 Å². The summed E-state index contributed by atoms with van der Waals surface area (Å²) in [4.78, 5) is 3.90. The number of aromatic nitrogens is 1. The van der Waals surface area contributed by atoms with Crippen molar-refractivity contribution in [1.82, 2.24) is 3.97 Å². The number of hydrogen-bond donors (Lipinski definition) is 0. The maximum Gasteiger partial charge on any atom is 0.269 e. The van der Waals surface area contributed by atoms with E-state index in [9.17, 15) is 8.42 Å². The monoisotopic (exact) mass is 506 g/mol. The molecule has 4 aromatic rings. The van der Waals surface area contributed by atoms with Crippen LogP contribution in [-0.4, -0.2) is 24.4 Å². The van der Waals surface area contributed by atoms with E-state index >= 15 is 0 Å². The van der Waals surface area contributed by atoms with Gasteiger partial charge in [-0.2, -0.15) is 0 Å². The van der Waals surface area contributed by atoms with E-state index in [1.54, 1.807) is 49.7 Å². The second kappa shape index (κ2) is 9.72. The number of ether oxygens (including phenoxy) is 1. The maximum atomic E-state index is 13.7. The van der Waals surface area contributed by atoms with E-state index < -0.39 is 14.9 Å². The van der Waals surface area contributed by atoms with Gasteiger partial charge in [0.2, 0.25) is 0 Å². The summed E-state index contributed by atoms with van der Waals surface area (Å²) >= 11 is 6.66. The van der Waals surface area contributed by atoms with Crippen LogP contribution in [0.4, 0.5) is 0 Å². The highest BCUT2D eigenvalue weighted by Crippen LogP contribution is 2.27. The molecule has 1 atom stereocenters. The Bertz CT molecular complexity index is 1620. The van der Waals surface area contributed by atoms with Gasteiger partial charge in [0, 0.05) is 16.8 Å². The minimum absolute atomic E-state index is 0.195. The van der Waals surface area contributed by atoms with Gasteiger partial charge in [-0.05, 0) is 66.6 Å². The van der Waals surface area contributed by atoms with Gasteiger partial charge in [-0.15, -0.1) is 11.6 Å². The molecule has 180 valence electrons. The minimum atomic E-state index is -3.89. The summed E-state index contributed by atoms with van der Waals surface area (Å²) in [6.07, 6.45) is 5.16. The van der Waals surface area contributed by atoms with Crippen molar-refractivity contribution in [3.8, 4) is 16.9 Å². The van der Waals surface area contributed by atoms with Gasteiger partial charge in [-0.25, -0.2) is 17.4 Å². The molecule has 7 heteroatoms. The second-order valence-electron chi connectivity index (χ2n) is 8.02. The van der Waals surface area contributed by atoms with Crippen LogP contribution in [0.2, 0.25) is 0 Å². The number of fused-ring (bicyclic) bond motifs is 3. The zero-order valence-electron chi connectivity index (χ0n) is 20.1. The summed E-state index contributed by atoms with van der Waals surface area (Å²) in [5, 5.41) is 1.44. The van der Waals surface area contributed by atoms with Gasteiger partial charge in [0.1, 0.15) is 5.75 Å². The Morgan fingerprint density at radius 2 is 1.60 bits per heavy atom. The first-order valence-corrected chi connectivity index (χ1v) is 13.2. The third-order valence-corrected chi connectivity index (χ3v) is 7.62. The van der Waals surface area contributed by atoms with Gasteiger partial charge in [-0.1, -0.05) is 50.2 Å². The third kappa shape index (κ3) is 4.64. The molecule has 5 nitrogen and oxygen atoms in total. The van der Waals surface area contributed by atoms with Crippen LogP contribution in [0.1, 0.15) is 20.8 Å². The van der Waals surface area contributed by atoms with Crippen LogP contribution in [0, 0.1) is 0 Å². The standard InChI is InChI=1S/C26H21ClN2O3S.C2H6/c1-26(27)14-15-28-25-23(17-26)22-16-19(18-8-11-20(32-2)12-9-18)10-13-24(22)29(25)33(30,31)21-6-4-3-5-7-21;1-2/h3-17H,1-2H3;1-2H3. The zero-order valence-corrected chi connectivity index (χ0v) is 21.6. The molecular formula is C28H27ClN2O3S. The van der Waals surface area contributed by atoms with E-state index in [2.05, 4.69) is 4.99 Å². The van der Waals surface area contributed by atoms with Crippen molar-refractivity contribution in [2.24, 2.45) is 4.99 Å². The molecule has 0 saturated heterocycles. The second-order valence-corrected chi connectivity index (χ2v) is 10.6. The Labute approximate surface area is 210 Å². The number of rotatable bonds is 4. The highest BCUT2D eigenvalue weighted by molar-refractivity contribution is 7.90. The molecule has 5 rings (SSSR count). The first-order chi connectivity index (χ1) is 16.8. The summed E-state index contributed by atoms with van der Waals surface area (Å²) in [5.41, 5.74) is 2.82. The molecule has 0 spiro atoms. The molecule has 0 amide bonds. The summed E-state index contributed by atoms with van der Waals surface area (Å²) < 4.78 is 34.0. The molecule has 0 aliphatic carbocycles. The highest BCUT2D eigenvalue weighted by Gasteiger charge is 2.25. The predicted molar refractivity (Wildman–Crippen MR) is 143 cm³/mol. The Morgan fingerprint density at radius 1 is 0.943 bits per heavy atom. The molecule has 1 aromatic heterocycles. The van der Waals surface area contributed by atoms with Crippen LogP contribution in [-0.2, 0) is 10.0 Å². The van der Waals surface area contributed by atoms with E-state index in [-0.39, 0.29) is 4.90 Å². The Hall–Kier alpha value is -3.35. The minimum Gasteiger partial charge on any atom is -0.497 e. The molecule has 0 fully saturated rings. The molecular weight excluding hydrogens is 480 g/mol. The van der Waals surface area contributed by atoms with E-state index in [1.807, 2.05) is 69.3 Å². The fourth-order valence-corrected chi connectivity index (χ4v) is 5.69. The molecule has 0 bridgehead atoms. The van der Waals surface area contributed by atoms with Crippen LogP contribution in [0.3, 0.4) is 0 Å². The van der Waals surface area contributed by atoms with Crippen LogP contribution in [0.5, 0.6) is 5.75 Å². The van der Waals surface area contributed by atoms with Crippen molar-refractivity contribution in [2.75, 3.05) is 7.11 Å². The molecule has 3 aromatic carbocycles. The van der Waals surface area contributed by atoms with Crippen molar-refractivity contribution in [3.63, 3.8) is 0 Å². The SMILES string of the molecule is CC.COc1ccc(-c2ccc3c(c2)c2c(n3S(=O)(=O)c3ccccc3)=NC=CC(C)(Cl)C=2)cc1. The number of allylic oxidation sites excluding steroid dienone is 1. The van der Waals surface area contributed by atoms with E-state index in [4.69, 9.17) is 16.3 Å². The summed E-state index contributed by atoms with van der Waals surface area (Å²) in [6, 6.07) is 21.8.